The summed E-state index contributed by atoms with van der Waals surface area (Å²) in [6.45, 7) is 1.73. The van der Waals surface area contributed by atoms with Crippen molar-refractivity contribution in [2.45, 2.75) is 13.0 Å². The summed E-state index contributed by atoms with van der Waals surface area (Å²) >= 11 is 5.81. The first-order valence-corrected chi connectivity index (χ1v) is 6.50. The van der Waals surface area contributed by atoms with Gasteiger partial charge in [-0.1, -0.05) is 61.0 Å². The maximum Gasteiger partial charge on any atom is 0.168 e. The van der Waals surface area contributed by atoms with Gasteiger partial charge in [0.05, 0.1) is 6.10 Å². The van der Waals surface area contributed by atoms with Gasteiger partial charge in [0.15, 0.2) is 5.78 Å². The fraction of sp³-hybridized carbons (Fsp3) is 0.188. The van der Waals surface area contributed by atoms with E-state index in [1.165, 1.54) is 0 Å². The molecule has 98 valence electrons. The summed E-state index contributed by atoms with van der Waals surface area (Å²) in [5.74, 6) is -0.563. The first kappa shape index (κ1) is 13.8. The van der Waals surface area contributed by atoms with Crippen LogP contribution in [0.2, 0.25) is 5.02 Å². The fourth-order valence-corrected chi connectivity index (χ4v) is 2.08. The monoisotopic (exact) mass is 274 g/mol. The van der Waals surface area contributed by atoms with Crippen LogP contribution in [0, 0.1) is 5.92 Å². The van der Waals surface area contributed by atoms with Crippen molar-refractivity contribution >= 4 is 17.4 Å². The standard InChI is InChI=1S/C16H15ClO2/c1-11(15(18)12-5-3-2-4-6-12)16(19)13-7-9-14(17)10-8-13/h2-11,16,19H,1H3/t11-,16-/m0/s1. The molecule has 2 atom stereocenters. The predicted octanol–water partition coefficient (Wildman–Crippen LogP) is 3.89. The highest BCUT2D eigenvalue weighted by molar-refractivity contribution is 6.30. The van der Waals surface area contributed by atoms with Crippen molar-refractivity contribution in [3.8, 4) is 0 Å². The van der Waals surface area contributed by atoms with E-state index < -0.39 is 12.0 Å². The number of hydrogen-bond acceptors (Lipinski definition) is 2. The van der Waals surface area contributed by atoms with Crippen LogP contribution in [0.3, 0.4) is 0 Å². The van der Waals surface area contributed by atoms with Crippen molar-refractivity contribution in [2.75, 3.05) is 0 Å². The molecule has 2 nitrogen and oxygen atoms in total. The zero-order valence-electron chi connectivity index (χ0n) is 10.6. The lowest BCUT2D eigenvalue weighted by Crippen LogP contribution is -2.19. The van der Waals surface area contributed by atoms with Crippen LogP contribution >= 0.6 is 11.6 Å². The molecule has 0 radical (unpaired) electrons. The Morgan fingerprint density at radius 1 is 1.05 bits per heavy atom. The lowest BCUT2D eigenvalue weighted by Gasteiger charge is -2.18. The first-order chi connectivity index (χ1) is 9.09. The van der Waals surface area contributed by atoms with E-state index in [9.17, 15) is 9.90 Å². The largest absolute Gasteiger partial charge is 0.388 e. The van der Waals surface area contributed by atoms with E-state index in [0.29, 0.717) is 16.1 Å². The van der Waals surface area contributed by atoms with Crippen molar-refractivity contribution in [2.24, 2.45) is 5.92 Å². The Bertz CT molecular complexity index is 549. The summed E-state index contributed by atoms with van der Waals surface area (Å²) in [6, 6.07) is 15.9. The zero-order chi connectivity index (χ0) is 13.8. The van der Waals surface area contributed by atoms with Gasteiger partial charge >= 0.3 is 0 Å². The third-order valence-electron chi connectivity index (χ3n) is 3.16. The normalized spacial score (nSPS) is 13.8. The van der Waals surface area contributed by atoms with Gasteiger partial charge in [-0.25, -0.2) is 0 Å². The van der Waals surface area contributed by atoms with E-state index in [2.05, 4.69) is 0 Å². The number of hydrogen-bond donors (Lipinski definition) is 1. The Morgan fingerprint density at radius 2 is 1.63 bits per heavy atom. The average molecular weight is 275 g/mol. The van der Waals surface area contributed by atoms with Crippen molar-refractivity contribution in [3.63, 3.8) is 0 Å². The Morgan fingerprint density at radius 3 is 2.21 bits per heavy atom. The van der Waals surface area contributed by atoms with Crippen LogP contribution in [-0.2, 0) is 0 Å². The number of benzene rings is 2. The molecule has 19 heavy (non-hydrogen) atoms. The first-order valence-electron chi connectivity index (χ1n) is 6.12. The number of carbonyl (C=O) groups excluding carboxylic acids is 1. The molecule has 0 aromatic heterocycles. The second kappa shape index (κ2) is 6.00. The molecule has 0 aliphatic heterocycles. The maximum atomic E-state index is 12.2. The van der Waals surface area contributed by atoms with Crippen LogP contribution in [0.4, 0.5) is 0 Å². The topological polar surface area (TPSA) is 37.3 Å². The number of aliphatic hydroxyl groups excluding tert-OH is 1. The summed E-state index contributed by atoms with van der Waals surface area (Å²) in [7, 11) is 0. The number of halogens is 1. The molecule has 0 unspecified atom stereocenters. The van der Waals surface area contributed by atoms with Gasteiger partial charge in [0.2, 0.25) is 0 Å². The number of Topliss-reactive ketones (excluding diaryl/α,β-unsaturated/α-hetero) is 1. The second-order valence-electron chi connectivity index (χ2n) is 4.52. The van der Waals surface area contributed by atoms with Crippen molar-refractivity contribution < 1.29 is 9.90 Å². The molecule has 0 aliphatic carbocycles. The molecular weight excluding hydrogens is 260 g/mol. The van der Waals surface area contributed by atoms with Crippen LogP contribution in [0.5, 0.6) is 0 Å². The van der Waals surface area contributed by atoms with E-state index in [1.807, 2.05) is 18.2 Å². The molecule has 2 rings (SSSR count). The fourth-order valence-electron chi connectivity index (χ4n) is 1.96. The number of rotatable bonds is 4. The Balaban J connectivity index is 2.17. The molecule has 2 aromatic carbocycles. The van der Waals surface area contributed by atoms with Gasteiger partial charge in [0, 0.05) is 16.5 Å². The number of ketones is 1. The van der Waals surface area contributed by atoms with Crippen LogP contribution in [0.1, 0.15) is 28.9 Å². The smallest absolute Gasteiger partial charge is 0.168 e. The zero-order valence-corrected chi connectivity index (χ0v) is 11.3. The highest BCUT2D eigenvalue weighted by atomic mass is 35.5. The van der Waals surface area contributed by atoms with Gasteiger partial charge in [0.25, 0.3) is 0 Å². The Hall–Kier alpha value is -1.64. The molecule has 0 aliphatic rings. The molecule has 1 N–H and O–H groups in total. The van der Waals surface area contributed by atoms with Crippen molar-refractivity contribution in [1.29, 1.82) is 0 Å². The average Bonchev–Trinajstić information content (AvgIpc) is 2.46. The lowest BCUT2D eigenvalue weighted by atomic mass is 9.90. The predicted molar refractivity (Wildman–Crippen MR) is 76.3 cm³/mol. The van der Waals surface area contributed by atoms with Crippen LogP contribution in [0.25, 0.3) is 0 Å². The minimum absolute atomic E-state index is 0.0666. The molecule has 0 amide bonds. The van der Waals surface area contributed by atoms with Crippen LogP contribution in [-0.4, -0.2) is 10.9 Å². The molecule has 0 saturated carbocycles. The third-order valence-corrected chi connectivity index (χ3v) is 3.41. The minimum atomic E-state index is -0.829. The lowest BCUT2D eigenvalue weighted by molar-refractivity contribution is 0.0714. The quantitative estimate of drug-likeness (QED) is 0.859. The number of carbonyl (C=O) groups is 1. The molecule has 0 saturated heterocycles. The summed E-state index contributed by atoms with van der Waals surface area (Å²) in [6.07, 6.45) is -0.829. The summed E-state index contributed by atoms with van der Waals surface area (Å²) < 4.78 is 0. The maximum absolute atomic E-state index is 12.2. The summed E-state index contributed by atoms with van der Waals surface area (Å²) in [5, 5.41) is 10.9. The molecule has 2 aromatic rings. The summed E-state index contributed by atoms with van der Waals surface area (Å²) in [4.78, 5) is 12.2. The van der Waals surface area contributed by atoms with Gasteiger partial charge in [-0.3, -0.25) is 4.79 Å². The SMILES string of the molecule is C[C@@H](C(=O)c1ccccc1)[C@H](O)c1ccc(Cl)cc1. The third kappa shape index (κ3) is 3.22. The molecule has 0 heterocycles. The minimum Gasteiger partial charge on any atom is -0.388 e. The van der Waals surface area contributed by atoms with Crippen molar-refractivity contribution in [3.05, 3.63) is 70.7 Å². The van der Waals surface area contributed by atoms with E-state index in [0.717, 1.165) is 0 Å². The number of aliphatic hydroxyl groups is 1. The van der Waals surface area contributed by atoms with E-state index in [-0.39, 0.29) is 5.78 Å². The van der Waals surface area contributed by atoms with E-state index >= 15 is 0 Å². The Labute approximate surface area is 117 Å². The van der Waals surface area contributed by atoms with Gasteiger partial charge < -0.3 is 5.11 Å². The highest BCUT2D eigenvalue weighted by Gasteiger charge is 2.24. The van der Waals surface area contributed by atoms with Crippen LogP contribution < -0.4 is 0 Å². The molecule has 0 spiro atoms. The Kier molecular flexibility index (Phi) is 4.35. The molecule has 0 fully saturated rings. The van der Waals surface area contributed by atoms with Gasteiger partial charge in [-0.2, -0.15) is 0 Å². The summed E-state index contributed by atoms with van der Waals surface area (Å²) in [5.41, 5.74) is 1.31. The molecule has 0 bridgehead atoms. The van der Waals surface area contributed by atoms with Gasteiger partial charge in [-0.15, -0.1) is 0 Å². The molecule has 3 heteroatoms. The van der Waals surface area contributed by atoms with Gasteiger partial charge in [-0.05, 0) is 17.7 Å². The van der Waals surface area contributed by atoms with Crippen molar-refractivity contribution in [1.82, 2.24) is 0 Å². The highest BCUT2D eigenvalue weighted by Crippen LogP contribution is 2.26. The van der Waals surface area contributed by atoms with Gasteiger partial charge in [0.1, 0.15) is 0 Å². The molecular formula is C16H15ClO2. The van der Waals surface area contributed by atoms with E-state index in [4.69, 9.17) is 11.6 Å². The van der Waals surface area contributed by atoms with Crippen LogP contribution in [0.15, 0.2) is 54.6 Å². The van der Waals surface area contributed by atoms with E-state index in [1.54, 1.807) is 43.3 Å². The second-order valence-corrected chi connectivity index (χ2v) is 4.95.